The molecule has 3 heteroatoms. The van der Waals surface area contributed by atoms with Crippen LogP contribution in [-0.2, 0) is 9.59 Å². The van der Waals surface area contributed by atoms with Gasteiger partial charge in [0, 0.05) is 11.8 Å². The first-order chi connectivity index (χ1) is 14.0. The minimum atomic E-state index is -0.771. The quantitative estimate of drug-likeness (QED) is 0.571. The zero-order chi connectivity index (χ0) is 19.9. The van der Waals surface area contributed by atoms with E-state index in [1.807, 2.05) is 62.4 Å². The summed E-state index contributed by atoms with van der Waals surface area (Å²) in [7, 11) is 0. The Morgan fingerprint density at radius 3 is 1.86 bits per heavy atom. The number of carbonyl (C=O) groups excluding carboxylic acids is 2. The number of hydrogen-bond donors (Lipinski definition) is 0. The van der Waals surface area contributed by atoms with Crippen LogP contribution in [0.3, 0.4) is 0 Å². The van der Waals surface area contributed by atoms with Gasteiger partial charge in [0.25, 0.3) is 0 Å². The predicted octanol–water partition coefficient (Wildman–Crippen LogP) is 4.78. The van der Waals surface area contributed by atoms with Crippen LogP contribution in [0.2, 0.25) is 0 Å². The van der Waals surface area contributed by atoms with E-state index in [9.17, 15) is 9.59 Å². The van der Waals surface area contributed by atoms with Crippen molar-refractivity contribution in [3.63, 3.8) is 0 Å². The van der Waals surface area contributed by atoms with Crippen LogP contribution in [0.5, 0.6) is 0 Å². The Morgan fingerprint density at radius 1 is 0.759 bits per heavy atom. The molecule has 3 nitrogen and oxygen atoms in total. The fourth-order valence-electron chi connectivity index (χ4n) is 6.16. The molecular formula is C26H21NO2. The monoisotopic (exact) mass is 379 g/mol. The van der Waals surface area contributed by atoms with Gasteiger partial charge in [-0.3, -0.25) is 9.59 Å². The molecule has 1 fully saturated rings. The molecule has 1 heterocycles. The molecule has 1 aliphatic heterocycles. The van der Waals surface area contributed by atoms with E-state index in [4.69, 9.17) is 0 Å². The average Bonchev–Trinajstić information content (AvgIpc) is 2.95. The standard InChI is InChI=1S/C26H21NO2/c1-15-9-3-8-14-20(15)27-24(28)23-21-16-10-4-6-12-18(16)22(26(23,2)25(27)29)19-13-7-5-11-17(19)21/h3-14,21-23H,1-2H3/t21?,22?,23-,26-/m0/s1. The van der Waals surface area contributed by atoms with E-state index in [1.165, 1.54) is 27.2 Å². The van der Waals surface area contributed by atoms with E-state index in [1.54, 1.807) is 0 Å². The number of para-hydroxylation sites is 1. The molecule has 0 saturated carbocycles. The summed E-state index contributed by atoms with van der Waals surface area (Å²) in [5.41, 5.74) is 5.68. The van der Waals surface area contributed by atoms with Gasteiger partial charge in [0.1, 0.15) is 0 Å². The van der Waals surface area contributed by atoms with E-state index >= 15 is 0 Å². The molecule has 1 saturated heterocycles. The highest BCUT2D eigenvalue weighted by Gasteiger charge is 2.68. The summed E-state index contributed by atoms with van der Waals surface area (Å²) < 4.78 is 0. The average molecular weight is 379 g/mol. The summed E-state index contributed by atoms with van der Waals surface area (Å²) in [6.07, 6.45) is 0. The number of benzene rings is 3. The normalized spacial score (nSPS) is 28.9. The Kier molecular flexibility index (Phi) is 3.14. The lowest BCUT2D eigenvalue weighted by molar-refractivity contribution is -0.128. The summed E-state index contributed by atoms with van der Waals surface area (Å²) >= 11 is 0. The number of anilines is 1. The molecule has 29 heavy (non-hydrogen) atoms. The van der Waals surface area contributed by atoms with Gasteiger partial charge in [-0.05, 0) is 47.7 Å². The Bertz CT molecular complexity index is 1170. The molecule has 0 unspecified atom stereocenters. The molecule has 2 amide bonds. The van der Waals surface area contributed by atoms with Gasteiger partial charge in [0.2, 0.25) is 11.8 Å². The van der Waals surface area contributed by atoms with Crippen molar-refractivity contribution in [2.75, 3.05) is 4.90 Å². The maximum Gasteiger partial charge on any atom is 0.241 e. The van der Waals surface area contributed by atoms with Gasteiger partial charge >= 0.3 is 0 Å². The third-order valence-corrected chi connectivity index (χ3v) is 7.37. The van der Waals surface area contributed by atoms with Crippen LogP contribution in [0.4, 0.5) is 5.69 Å². The Hall–Kier alpha value is -3.20. The van der Waals surface area contributed by atoms with Crippen molar-refractivity contribution in [3.05, 3.63) is 101 Å². The SMILES string of the molecule is Cc1ccccc1N1C(=O)[C@@H]2C3c4ccccc4C(c4ccccc43)[C@]2(C)C1=O. The first-order valence-corrected chi connectivity index (χ1v) is 10.2. The third kappa shape index (κ3) is 1.84. The van der Waals surface area contributed by atoms with Crippen molar-refractivity contribution in [2.24, 2.45) is 11.3 Å². The van der Waals surface area contributed by atoms with Crippen molar-refractivity contribution in [1.82, 2.24) is 0 Å². The Balaban J connectivity index is 1.64. The van der Waals surface area contributed by atoms with Crippen LogP contribution >= 0.6 is 0 Å². The maximum absolute atomic E-state index is 13.9. The second-order valence-corrected chi connectivity index (χ2v) is 8.69. The highest BCUT2D eigenvalue weighted by molar-refractivity contribution is 6.25. The second kappa shape index (κ2) is 5.44. The first-order valence-electron chi connectivity index (χ1n) is 10.2. The van der Waals surface area contributed by atoms with E-state index in [-0.39, 0.29) is 29.6 Å². The van der Waals surface area contributed by atoms with Crippen LogP contribution in [0, 0.1) is 18.3 Å². The lowest BCUT2D eigenvalue weighted by atomic mass is 9.48. The minimum absolute atomic E-state index is 0.0641. The molecule has 0 N–H and O–H groups in total. The molecule has 3 aromatic rings. The molecule has 0 aromatic heterocycles. The van der Waals surface area contributed by atoms with E-state index in [2.05, 4.69) is 24.3 Å². The number of amides is 2. The third-order valence-electron chi connectivity index (χ3n) is 7.37. The van der Waals surface area contributed by atoms with Crippen LogP contribution < -0.4 is 4.90 Å². The molecular weight excluding hydrogens is 358 g/mol. The molecule has 0 radical (unpaired) electrons. The fraction of sp³-hybridized carbons (Fsp3) is 0.231. The molecule has 2 atom stereocenters. The minimum Gasteiger partial charge on any atom is -0.274 e. The number of nitrogens with zero attached hydrogens (tertiary/aromatic N) is 1. The van der Waals surface area contributed by atoms with Crippen LogP contribution in [0.25, 0.3) is 0 Å². The van der Waals surface area contributed by atoms with Gasteiger partial charge in [-0.1, -0.05) is 66.7 Å². The van der Waals surface area contributed by atoms with Gasteiger partial charge in [-0.25, -0.2) is 4.90 Å². The van der Waals surface area contributed by atoms with Gasteiger partial charge in [-0.2, -0.15) is 0 Å². The first kappa shape index (κ1) is 16.7. The lowest BCUT2D eigenvalue weighted by Crippen LogP contribution is -2.49. The molecule has 2 bridgehead atoms. The number of rotatable bonds is 1. The summed E-state index contributed by atoms with van der Waals surface area (Å²) in [5, 5.41) is 0. The predicted molar refractivity (Wildman–Crippen MR) is 112 cm³/mol. The molecule has 7 rings (SSSR count). The van der Waals surface area contributed by atoms with Gasteiger partial charge in [0.15, 0.2) is 0 Å². The summed E-state index contributed by atoms with van der Waals surface area (Å²) in [4.78, 5) is 29.2. The molecule has 3 aliphatic carbocycles. The topological polar surface area (TPSA) is 37.4 Å². The van der Waals surface area contributed by atoms with E-state index < -0.39 is 5.41 Å². The van der Waals surface area contributed by atoms with Gasteiger partial charge < -0.3 is 0 Å². The van der Waals surface area contributed by atoms with Gasteiger partial charge in [-0.15, -0.1) is 0 Å². The molecule has 4 aliphatic rings. The van der Waals surface area contributed by atoms with E-state index in [0.717, 1.165) is 5.56 Å². The summed E-state index contributed by atoms with van der Waals surface area (Å²) in [6.45, 7) is 3.97. The van der Waals surface area contributed by atoms with Crippen molar-refractivity contribution in [2.45, 2.75) is 25.7 Å². The maximum atomic E-state index is 13.9. The fourth-order valence-corrected chi connectivity index (χ4v) is 6.16. The highest BCUT2D eigenvalue weighted by Crippen LogP contribution is 2.67. The summed E-state index contributed by atoms with van der Waals surface area (Å²) in [5.74, 6) is -0.686. The number of carbonyl (C=O) groups is 2. The zero-order valence-corrected chi connectivity index (χ0v) is 16.4. The molecule has 0 spiro atoms. The van der Waals surface area contributed by atoms with Crippen molar-refractivity contribution >= 4 is 17.5 Å². The summed E-state index contributed by atoms with van der Waals surface area (Å²) in [6, 6.07) is 24.4. The number of aryl methyl sites for hydroxylation is 1. The largest absolute Gasteiger partial charge is 0.274 e. The van der Waals surface area contributed by atoms with Crippen LogP contribution in [-0.4, -0.2) is 11.8 Å². The smallest absolute Gasteiger partial charge is 0.241 e. The number of hydrogen-bond acceptors (Lipinski definition) is 2. The van der Waals surface area contributed by atoms with E-state index in [0.29, 0.717) is 5.69 Å². The Labute approximate surface area is 170 Å². The van der Waals surface area contributed by atoms with Crippen LogP contribution in [0.15, 0.2) is 72.8 Å². The van der Waals surface area contributed by atoms with Crippen molar-refractivity contribution in [3.8, 4) is 0 Å². The van der Waals surface area contributed by atoms with Crippen molar-refractivity contribution in [1.29, 1.82) is 0 Å². The highest BCUT2D eigenvalue weighted by atomic mass is 16.2. The number of imide groups is 1. The Morgan fingerprint density at radius 2 is 1.28 bits per heavy atom. The van der Waals surface area contributed by atoms with Crippen molar-refractivity contribution < 1.29 is 9.59 Å². The zero-order valence-electron chi connectivity index (χ0n) is 16.4. The van der Waals surface area contributed by atoms with Gasteiger partial charge in [0.05, 0.1) is 17.0 Å². The molecule has 142 valence electrons. The second-order valence-electron chi connectivity index (χ2n) is 8.69. The van der Waals surface area contributed by atoms with Crippen LogP contribution in [0.1, 0.15) is 46.6 Å². The lowest BCUT2D eigenvalue weighted by Gasteiger charge is -2.51. The molecule has 3 aromatic carbocycles.